The minimum absolute atomic E-state index is 0.0721. The van der Waals surface area contributed by atoms with Crippen molar-refractivity contribution in [3.05, 3.63) is 101 Å². The average molecular weight is 462 g/mol. The van der Waals surface area contributed by atoms with Gasteiger partial charge in [-0.3, -0.25) is 4.79 Å². The first-order valence-corrected chi connectivity index (χ1v) is 10.9. The van der Waals surface area contributed by atoms with Crippen molar-refractivity contribution in [3.8, 4) is 22.7 Å². The molecule has 1 N–H and O–H groups in total. The highest BCUT2D eigenvalue weighted by Gasteiger charge is 2.14. The van der Waals surface area contributed by atoms with E-state index in [1.54, 1.807) is 7.11 Å². The summed E-state index contributed by atoms with van der Waals surface area (Å²) in [4.78, 5) is 12.3. The quantitative estimate of drug-likeness (QED) is 0.383. The zero-order chi connectivity index (χ0) is 24.1. The SMILES string of the molecule is COc1ccc(-n2nc(CCC(=O)NCc3cccc(F)c3F)cc2-c2ccc(C)cc2)cc1. The van der Waals surface area contributed by atoms with Crippen LogP contribution in [0.3, 0.4) is 0 Å². The third-order valence-electron chi connectivity index (χ3n) is 5.54. The van der Waals surface area contributed by atoms with E-state index in [2.05, 4.69) is 5.32 Å². The first kappa shape index (κ1) is 23.2. The zero-order valence-corrected chi connectivity index (χ0v) is 19.0. The summed E-state index contributed by atoms with van der Waals surface area (Å²) >= 11 is 0. The molecule has 3 aromatic carbocycles. The van der Waals surface area contributed by atoms with Crippen LogP contribution in [0.15, 0.2) is 72.8 Å². The van der Waals surface area contributed by atoms with Gasteiger partial charge in [0.25, 0.3) is 0 Å². The fourth-order valence-corrected chi connectivity index (χ4v) is 3.61. The number of benzene rings is 3. The maximum Gasteiger partial charge on any atom is 0.220 e. The van der Waals surface area contributed by atoms with Crippen LogP contribution in [0.25, 0.3) is 16.9 Å². The van der Waals surface area contributed by atoms with Gasteiger partial charge >= 0.3 is 0 Å². The summed E-state index contributed by atoms with van der Waals surface area (Å²) < 4.78 is 34.3. The van der Waals surface area contributed by atoms with Crippen LogP contribution in [0.5, 0.6) is 5.75 Å². The van der Waals surface area contributed by atoms with Crippen molar-refractivity contribution in [3.63, 3.8) is 0 Å². The number of methoxy groups -OCH3 is 1. The Kier molecular flexibility index (Phi) is 7.01. The molecular weight excluding hydrogens is 436 g/mol. The number of nitrogens with one attached hydrogen (secondary N) is 1. The summed E-state index contributed by atoms with van der Waals surface area (Å²) in [7, 11) is 1.62. The number of aryl methyl sites for hydroxylation is 2. The van der Waals surface area contributed by atoms with Crippen molar-refractivity contribution in [1.82, 2.24) is 15.1 Å². The highest BCUT2D eigenvalue weighted by Crippen LogP contribution is 2.26. The predicted octanol–water partition coefficient (Wildman–Crippen LogP) is 5.38. The number of nitrogens with zero attached hydrogens (tertiary/aromatic N) is 2. The van der Waals surface area contributed by atoms with Crippen LogP contribution >= 0.6 is 0 Å². The van der Waals surface area contributed by atoms with E-state index in [-0.39, 0.29) is 24.4 Å². The molecule has 0 fully saturated rings. The first-order valence-electron chi connectivity index (χ1n) is 10.9. The van der Waals surface area contributed by atoms with Gasteiger partial charge in [0.1, 0.15) is 5.75 Å². The van der Waals surface area contributed by atoms with Gasteiger partial charge in [0.05, 0.1) is 24.2 Å². The molecule has 0 atom stereocenters. The molecule has 7 heteroatoms. The molecule has 0 aliphatic heterocycles. The number of hydrogen-bond donors (Lipinski definition) is 1. The van der Waals surface area contributed by atoms with Gasteiger partial charge in [-0.25, -0.2) is 13.5 Å². The molecule has 0 bridgehead atoms. The lowest BCUT2D eigenvalue weighted by Gasteiger charge is -2.09. The number of halogens is 2. The summed E-state index contributed by atoms with van der Waals surface area (Å²) in [6, 6.07) is 21.6. The lowest BCUT2D eigenvalue weighted by atomic mass is 10.1. The summed E-state index contributed by atoms with van der Waals surface area (Å²) in [5.74, 6) is -1.39. The van der Waals surface area contributed by atoms with Gasteiger partial charge in [-0.1, -0.05) is 42.0 Å². The summed E-state index contributed by atoms with van der Waals surface area (Å²) in [6.45, 7) is 1.96. The van der Waals surface area contributed by atoms with Crippen molar-refractivity contribution >= 4 is 5.91 Å². The van der Waals surface area contributed by atoms with Crippen molar-refractivity contribution in [1.29, 1.82) is 0 Å². The van der Waals surface area contributed by atoms with E-state index in [0.717, 1.165) is 40.0 Å². The Labute approximate surface area is 197 Å². The number of amides is 1. The maximum atomic E-state index is 13.8. The second-order valence-corrected chi connectivity index (χ2v) is 7.99. The first-order chi connectivity index (χ1) is 16.4. The average Bonchev–Trinajstić information content (AvgIpc) is 3.28. The number of carbonyl (C=O) groups excluding carboxylic acids is 1. The second-order valence-electron chi connectivity index (χ2n) is 7.99. The molecule has 0 spiro atoms. The van der Waals surface area contributed by atoms with Crippen LogP contribution in [0, 0.1) is 18.6 Å². The fourth-order valence-electron chi connectivity index (χ4n) is 3.61. The normalized spacial score (nSPS) is 10.8. The molecule has 0 radical (unpaired) electrons. The van der Waals surface area contributed by atoms with Crippen LogP contribution in [0.4, 0.5) is 8.78 Å². The molecule has 0 aliphatic carbocycles. The predicted molar refractivity (Wildman–Crippen MR) is 127 cm³/mol. The highest BCUT2D eigenvalue weighted by atomic mass is 19.2. The third kappa shape index (κ3) is 5.31. The maximum absolute atomic E-state index is 13.8. The number of rotatable bonds is 8. The van der Waals surface area contributed by atoms with E-state index < -0.39 is 11.6 Å². The van der Waals surface area contributed by atoms with E-state index in [9.17, 15) is 13.6 Å². The van der Waals surface area contributed by atoms with Gasteiger partial charge in [0.15, 0.2) is 11.6 Å². The Bertz CT molecular complexity index is 1280. The molecule has 1 amide bonds. The van der Waals surface area contributed by atoms with Crippen LogP contribution < -0.4 is 10.1 Å². The zero-order valence-electron chi connectivity index (χ0n) is 19.0. The molecule has 0 unspecified atom stereocenters. The molecule has 1 aromatic heterocycles. The van der Waals surface area contributed by atoms with Crippen molar-refractivity contribution < 1.29 is 18.3 Å². The standard InChI is InChI=1S/C27H25F2N3O2/c1-18-6-8-19(9-7-18)25-16-21(31-32(25)22-11-13-23(34-2)14-12-22)10-15-26(33)30-17-20-4-3-5-24(28)27(20)29/h3-9,11-14,16H,10,15,17H2,1-2H3,(H,30,33). The molecule has 4 rings (SSSR count). The van der Waals surface area contributed by atoms with E-state index in [1.165, 1.54) is 12.1 Å². The Hall–Kier alpha value is -4.00. The van der Waals surface area contributed by atoms with Gasteiger partial charge in [-0.05, 0) is 43.3 Å². The monoisotopic (exact) mass is 461 g/mol. The Morgan fingerprint density at radius 3 is 2.47 bits per heavy atom. The minimum Gasteiger partial charge on any atom is -0.497 e. The smallest absolute Gasteiger partial charge is 0.220 e. The van der Waals surface area contributed by atoms with E-state index in [4.69, 9.17) is 9.84 Å². The van der Waals surface area contributed by atoms with Crippen LogP contribution in [0.1, 0.15) is 23.2 Å². The number of carbonyl (C=O) groups is 1. The number of hydrogen-bond acceptors (Lipinski definition) is 3. The van der Waals surface area contributed by atoms with Gasteiger partial charge in [-0.15, -0.1) is 0 Å². The largest absolute Gasteiger partial charge is 0.497 e. The third-order valence-corrected chi connectivity index (χ3v) is 5.54. The summed E-state index contributed by atoms with van der Waals surface area (Å²) in [6.07, 6.45) is 0.573. The minimum atomic E-state index is -0.941. The lowest BCUT2D eigenvalue weighted by Crippen LogP contribution is -2.23. The molecule has 1 heterocycles. The molecule has 0 aliphatic rings. The highest BCUT2D eigenvalue weighted by molar-refractivity contribution is 5.76. The van der Waals surface area contributed by atoms with E-state index in [1.807, 2.05) is 66.2 Å². The lowest BCUT2D eigenvalue weighted by molar-refractivity contribution is -0.121. The molecule has 4 aromatic rings. The molecule has 174 valence electrons. The van der Waals surface area contributed by atoms with Gasteiger partial charge in [0.2, 0.25) is 5.91 Å². The van der Waals surface area contributed by atoms with Crippen LogP contribution in [0.2, 0.25) is 0 Å². The Morgan fingerprint density at radius 1 is 1.03 bits per heavy atom. The van der Waals surface area contributed by atoms with E-state index in [0.29, 0.717) is 6.42 Å². The fraction of sp³-hybridized carbons (Fsp3) is 0.185. The second kappa shape index (κ2) is 10.3. The molecular formula is C27H25F2N3O2. The van der Waals surface area contributed by atoms with Crippen LogP contribution in [-0.2, 0) is 17.8 Å². The topological polar surface area (TPSA) is 56.2 Å². The number of ether oxygens (including phenoxy) is 1. The Morgan fingerprint density at radius 2 is 1.76 bits per heavy atom. The summed E-state index contributed by atoms with van der Waals surface area (Å²) in [5, 5.41) is 7.38. The van der Waals surface area contributed by atoms with Crippen molar-refractivity contribution in [2.45, 2.75) is 26.3 Å². The summed E-state index contributed by atoms with van der Waals surface area (Å²) in [5.41, 5.74) is 4.80. The van der Waals surface area contributed by atoms with Gasteiger partial charge in [0, 0.05) is 30.5 Å². The van der Waals surface area contributed by atoms with Crippen molar-refractivity contribution in [2.24, 2.45) is 0 Å². The van der Waals surface area contributed by atoms with Crippen molar-refractivity contribution in [2.75, 3.05) is 7.11 Å². The number of aromatic nitrogens is 2. The Balaban J connectivity index is 1.50. The van der Waals surface area contributed by atoms with E-state index >= 15 is 0 Å². The molecule has 34 heavy (non-hydrogen) atoms. The van der Waals surface area contributed by atoms with Crippen LogP contribution in [-0.4, -0.2) is 22.8 Å². The molecule has 5 nitrogen and oxygen atoms in total. The molecule has 0 saturated heterocycles. The van der Waals surface area contributed by atoms with Gasteiger partial charge < -0.3 is 10.1 Å². The molecule has 0 saturated carbocycles. The van der Waals surface area contributed by atoms with Gasteiger partial charge in [-0.2, -0.15) is 5.10 Å².